The van der Waals surface area contributed by atoms with Gasteiger partial charge in [-0.25, -0.2) is 9.18 Å². The van der Waals surface area contributed by atoms with Crippen molar-refractivity contribution in [3.8, 4) is 6.07 Å². The maximum atomic E-state index is 13.0. The molecule has 0 heterocycles. The highest BCUT2D eigenvalue weighted by molar-refractivity contribution is 14.1. The van der Waals surface area contributed by atoms with Crippen molar-refractivity contribution in [3.05, 3.63) is 32.6 Å². The second kappa shape index (κ2) is 5.07. The standard InChI is InChI=1S/C10H7FINO2/c1-2-15-10(14)7-3-6(11)4-9(12)8(7)5-13/h3-4H,2H2,1H3. The van der Waals surface area contributed by atoms with Gasteiger partial charge in [0, 0.05) is 3.57 Å². The molecule has 0 saturated heterocycles. The van der Waals surface area contributed by atoms with Crippen molar-refractivity contribution in [1.29, 1.82) is 5.26 Å². The molecule has 0 aliphatic heterocycles. The number of carbonyl (C=O) groups excluding carboxylic acids is 1. The molecule has 0 aliphatic rings. The lowest BCUT2D eigenvalue weighted by molar-refractivity contribution is 0.0525. The summed E-state index contributed by atoms with van der Waals surface area (Å²) in [5.41, 5.74) is 0.124. The highest BCUT2D eigenvalue weighted by atomic mass is 127. The average molecular weight is 319 g/mol. The number of nitrogens with zero attached hydrogens (tertiary/aromatic N) is 1. The smallest absolute Gasteiger partial charge is 0.339 e. The van der Waals surface area contributed by atoms with E-state index in [4.69, 9.17) is 10.00 Å². The number of halogens is 2. The number of esters is 1. The summed E-state index contributed by atoms with van der Waals surface area (Å²) in [6.07, 6.45) is 0. The summed E-state index contributed by atoms with van der Waals surface area (Å²) in [5.74, 6) is -1.23. The Morgan fingerprint density at radius 1 is 1.67 bits per heavy atom. The minimum Gasteiger partial charge on any atom is -0.462 e. The van der Waals surface area contributed by atoms with Crippen LogP contribution in [-0.2, 0) is 4.74 Å². The van der Waals surface area contributed by atoms with Crippen molar-refractivity contribution in [3.63, 3.8) is 0 Å². The van der Waals surface area contributed by atoms with Crippen LogP contribution in [0.15, 0.2) is 12.1 Å². The summed E-state index contributed by atoms with van der Waals surface area (Å²) in [6, 6.07) is 4.06. The predicted octanol–water partition coefficient (Wildman–Crippen LogP) is 2.48. The van der Waals surface area contributed by atoms with Crippen LogP contribution in [0.1, 0.15) is 22.8 Å². The summed E-state index contributed by atoms with van der Waals surface area (Å²) < 4.78 is 18.1. The summed E-state index contributed by atoms with van der Waals surface area (Å²) in [5, 5.41) is 8.82. The van der Waals surface area contributed by atoms with E-state index < -0.39 is 11.8 Å². The van der Waals surface area contributed by atoms with Crippen molar-refractivity contribution in [2.45, 2.75) is 6.92 Å². The van der Waals surface area contributed by atoms with Crippen molar-refractivity contribution in [2.24, 2.45) is 0 Å². The maximum Gasteiger partial charge on any atom is 0.339 e. The van der Waals surface area contributed by atoms with Gasteiger partial charge in [0.05, 0.1) is 17.7 Å². The van der Waals surface area contributed by atoms with Crippen LogP contribution in [0.4, 0.5) is 4.39 Å². The van der Waals surface area contributed by atoms with Crippen molar-refractivity contribution in [2.75, 3.05) is 6.61 Å². The molecule has 5 heteroatoms. The zero-order valence-corrected chi connectivity index (χ0v) is 10.0. The molecule has 0 aliphatic carbocycles. The van der Waals surface area contributed by atoms with Gasteiger partial charge >= 0.3 is 5.97 Å². The number of rotatable bonds is 2. The number of nitriles is 1. The summed E-state index contributed by atoms with van der Waals surface area (Å²) in [7, 11) is 0. The first-order valence-electron chi connectivity index (χ1n) is 4.16. The van der Waals surface area contributed by atoms with Crippen LogP contribution >= 0.6 is 22.6 Å². The van der Waals surface area contributed by atoms with Gasteiger partial charge in [-0.15, -0.1) is 0 Å². The van der Waals surface area contributed by atoms with Crippen molar-refractivity contribution >= 4 is 28.6 Å². The number of hydrogen-bond acceptors (Lipinski definition) is 3. The van der Waals surface area contributed by atoms with E-state index in [1.165, 1.54) is 6.07 Å². The minimum atomic E-state index is -0.675. The fourth-order valence-corrected chi connectivity index (χ4v) is 1.77. The Balaban J connectivity index is 3.28. The molecule has 1 aromatic carbocycles. The number of hydrogen-bond donors (Lipinski definition) is 0. The van der Waals surface area contributed by atoms with E-state index >= 15 is 0 Å². The molecule has 1 rings (SSSR count). The molecule has 78 valence electrons. The predicted molar refractivity (Wildman–Crippen MR) is 59.8 cm³/mol. The monoisotopic (exact) mass is 319 g/mol. The topological polar surface area (TPSA) is 50.1 Å². The number of ether oxygens (including phenoxy) is 1. The van der Waals surface area contributed by atoms with Gasteiger partial charge in [-0.2, -0.15) is 5.26 Å². The Bertz CT molecular complexity index is 440. The van der Waals surface area contributed by atoms with Crippen LogP contribution in [0.2, 0.25) is 0 Å². The Morgan fingerprint density at radius 3 is 2.87 bits per heavy atom. The third kappa shape index (κ3) is 2.65. The lowest BCUT2D eigenvalue weighted by Gasteiger charge is -2.05. The van der Waals surface area contributed by atoms with Crippen LogP contribution in [-0.4, -0.2) is 12.6 Å². The molecule has 1 aromatic rings. The molecule has 15 heavy (non-hydrogen) atoms. The maximum absolute atomic E-state index is 13.0. The Labute approximate surface area is 100.0 Å². The van der Waals surface area contributed by atoms with Gasteiger partial charge in [-0.3, -0.25) is 0 Å². The van der Waals surface area contributed by atoms with E-state index in [1.807, 2.05) is 6.07 Å². The summed E-state index contributed by atoms with van der Waals surface area (Å²) in [6.45, 7) is 1.84. The van der Waals surface area contributed by atoms with Crippen LogP contribution < -0.4 is 0 Å². The zero-order chi connectivity index (χ0) is 11.4. The third-order valence-corrected chi connectivity index (χ3v) is 2.51. The first-order chi connectivity index (χ1) is 7.10. The molecular weight excluding hydrogens is 312 g/mol. The molecule has 0 saturated carbocycles. The molecule has 3 nitrogen and oxygen atoms in total. The van der Waals surface area contributed by atoms with Crippen LogP contribution in [0, 0.1) is 20.7 Å². The molecule has 0 spiro atoms. The van der Waals surface area contributed by atoms with Crippen LogP contribution in [0.25, 0.3) is 0 Å². The van der Waals surface area contributed by atoms with E-state index in [-0.39, 0.29) is 17.7 Å². The fourth-order valence-electron chi connectivity index (χ4n) is 1.06. The molecule has 0 N–H and O–H groups in total. The zero-order valence-electron chi connectivity index (χ0n) is 7.88. The molecule has 0 bridgehead atoms. The number of benzene rings is 1. The largest absolute Gasteiger partial charge is 0.462 e. The van der Waals surface area contributed by atoms with Crippen molar-refractivity contribution in [1.82, 2.24) is 0 Å². The van der Waals surface area contributed by atoms with Crippen LogP contribution in [0.5, 0.6) is 0 Å². The van der Waals surface area contributed by atoms with Gasteiger partial charge in [0.25, 0.3) is 0 Å². The van der Waals surface area contributed by atoms with E-state index in [2.05, 4.69) is 0 Å². The van der Waals surface area contributed by atoms with Gasteiger partial charge in [-0.05, 0) is 41.6 Å². The molecule has 0 radical (unpaired) electrons. The highest BCUT2D eigenvalue weighted by Crippen LogP contribution is 2.19. The Morgan fingerprint density at radius 2 is 2.33 bits per heavy atom. The van der Waals surface area contributed by atoms with Crippen molar-refractivity contribution < 1.29 is 13.9 Å². The van der Waals surface area contributed by atoms with Gasteiger partial charge in [0.1, 0.15) is 11.9 Å². The first kappa shape index (κ1) is 11.9. The van der Waals surface area contributed by atoms with E-state index in [9.17, 15) is 9.18 Å². The third-order valence-electron chi connectivity index (χ3n) is 1.66. The molecule has 0 aromatic heterocycles. The first-order valence-corrected chi connectivity index (χ1v) is 5.24. The summed E-state index contributed by atoms with van der Waals surface area (Å²) in [4.78, 5) is 11.4. The van der Waals surface area contributed by atoms with E-state index in [1.54, 1.807) is 29.5 Å². The quantitative estimate of drug-likeness (QED) is 0.622. The highest BCUT2D eigenvalue weighted by Gasteiger charge is 2.16. The molecule has 0 amide bonds. The van der Waals surface area contributed by atoms with Crippen LogP contribution in [0.3, 0.4) is 0 Å². The summed E-state index contributed by atoms with van der Waals surface area (Å²) >= 11 is 1.80. The van der Waals surface area contributed by atoms with E-state index in [0.717, 1.165) is 6.07 Å². The van der Waals surface area contributed by atoms with E-state index in [0.29, 0.717) is 3.57 Å². The fraction of sp³-hybridized carbons (Fsp3) is 0.200. The molecular formula is C10H7FINO2. The average Bonchev–Trinajstić information content (AvgIpc) is 2.17. The second-order valence-electron chi connectivity index (χ2n) is 2.64. The van der Waals surface area contributed by atoms with Gasteiger partial charge in [0.15, 0.2) is 0 Å². The Kier molecular flexibility index (Phi) is 4.03. The Hall–Kier alpha value is -1.16. The normalized spacial score (nSPS) is 9.47. The lowest BCUT2D eigenvalue weighted by atomic mass is 10.1. The van der Waals surface area contributed by atoms with Gasteiger partial charge in [-0.1, -0.05) is 0 Å². The number of carbonyl (C=O) groups is 1. The molecule has 0 unspecified atom stereocenters. The lowest BCUT2D eigenvalue weighted by Crippen LogP contribution is -2.08. The second-order valence-corrected chi connectivity index (χ2v) is 3.80. The SMILES string of the molecule is CCOC(=O)c1cc(F)cc(I)c1C#N. The van der Waals surface area contributed by atoms with Gasteiger partial charge < -0.3 is 4.74 Å². The molecule has 0 fully saturated rings. The van der Waals surface area contributed by atoms with Gasteiger partial charge in [0.2, 0.25) is 0 Å². The minimum absolute atomic E-state index is 0.0243. The molecule has 0 atom stereocenters.